The van der Waals surface area contributed by atoms with Crippen LogP contribution in [0.25, 0.3) is 32.2 Å². The van der Waals surface area contributed by atoms with Crippen molar-refractivity contribution in [2.45, 2.75) is 13.0 Å². The third kappa shape index (κ3) is 3.02. The monoisotopic (exact) mass is 382 g/mol. The lowest BCUT2D eigenvalue weighted by Crippen LogP contribution is -2.22. The molecule has 1 aromatic carbocycles. The highest BCUT2D eigenvalue weighted by Crippen LogP contribution is 2.39. The van der Waals surface area contributed by atoms with Crippen LogP contribution in [0, 0.1) is 0 Å². The molecule has 7 heteroatoms. The van der Waals surface area contributed by atoms with Crippen LogP contribution in [0.4, 0.5) is 0 Å². The van der Waals surface area contributed by atoms with Crippen molar-refractivity contribution in [1.29, 1.82) is 0 Å². The maximum Gasteiger partial charge on any atom is 0.266 e. The van der Waals surface area contributed by atoms with Crippen LogP contribution in [-0.2, 0) is 0 Å². The third-order valence-electron chi connectivity index (χ3n) is 4.72. The third-order valence-corrected chi connectivity index (χ3v) is 5.63. The number of ether oxygens (including phenoxy) is 1. The minimum atomic E-state index is -0.0613. The minimum Gasteiger partial charge on any atom is -0.496 e. The van der Waals surface area contributed by atoms with Crippen molar-refractivity contribution < 1.29 is 4.74 Å². The van der Waals surface area contributed by atoms with Crippen molar-refractivity contribution in [1.82, 2.24) is 19.7 Å². The molecule has 3 heterocycles. The topological polar surface area (TPSA) is 63.2 Å². The molecule has 0 saturated heterocycles. The predicted octanol–water partition coefficient (Wildman–Crippen LogP) is 3.74. The number of hydrogen-bond acceptors (Lipinski definition) is 5. The summed E-state index contributed by atoms with van der Waals surface area (Å²) in [5, 5.41) is 8.67. The Morgan fingerprint density at radius 3 is 2.85 bits per heavy atom. The number of rotatable bonds is 5. The Bertz CT molecular complexity index is 1170. The number of aromatic amines is 1. The average molecular weight is 382 g/mol. The number of aromatic nitrogens is 3. The van der Waals surface area contributed by atoms with Crippen LogP contribution in [0.15, 0.2) is 40.6 Å². The van der Waals surface area contributed by atoms with Gasteiger partial charge in [0.05, 0.1) is 24.4 Å². The van der Waals surface area contributed by atoms with Gasteiger partial charge >= 0.3 is 0 Å². The van der Waals surface area contributed by atoms with E-state index in [-0.39, 0.29) is 11.6 Å². The van der Waals surface area contributed by atoms with Gasteiger partial charge in [0.2, 0.25) is 0 Å². The van der Waals surface area contributed by atoms with Crippen molar-refractivity contribution in [2.24, 2.45) is 0 Å². The Morgan fingerprint density at radius 1 is 1.30 bits per heavy atom. The van der Waals surface area contributed by atoms with Gasteiger partial charge in [-0.25, -0.2) is 0 Å². The molecule has 1 atom stereocenters. The molecule has 0 fully saturated rings. The van der Waals surface area contributed by atoms with E-state index in [9.17, 15) is 4.79 Å². The summed E-state index contributed by atoms with van der Waals surface area (Å²) in [6.45, 7) is 3.04. The van der Waals surface area contributed by atoms with Crippen LogP contribution < -0.4 is 10.3 Å². The fraction of sp³-hybridized carbons (Fsp3) is 0.300. The fourth-order valence-electron chi connectivity index (χ4n) is 3.58. The van der Waals surface area contributed by atoms with Gasteiger partial charge in [0.25, 0.3) is 5.56 Å². The Labute approximate surface area is 161 Å². The lowest BCUT2D eigenvalue weighted by Gasteiger charge is -2.17. The lowest BCUT2D eigenvalue weighted by molar-refractivity contribution is 0.322. The molecule has 3 aromatic heterocycles. The first-order valence-electron chi connectivity index (χ1n) is 8.80. The maximum absolute atomic E-state index is 12.4. The van der Waals surface area contributed by atoms with E-state index in [0.29, 0.717) is 0 Å². The zero-order valence-corrected chi connectivity index (χ0v) is 16.6. The molecular formula is C20H22N4O2S. The van der Waals surface area contributed by atoms with Crippen molar-refractivity contribution in [3.05, 3.63) is 46.2 Å². The first kappa shape index (κ1) is 17.8. The molecule has 0 aliphatic rings. The van der Waals surface area contributed by atoms with Gasteiger partial charge in [-0.3, -0.25) is 9.48 Å². The molecular weight excluding hydrogens is 360 g/mol. The van der Waals surface area contributed by atoms with Crippen LogP contribution in [-0.4, -0.2) is 47.4 Å². The second kappa shape index (κ2) is 6.83. The summed E-state index contributed by atoms with van der Waals surface area (Å²) >= 11 is 1.45. The molecule has 0 bridgehead atoms. The average Bonchev–Trinajstić information content (AvgIpc) is 3.30. The second-order valence-electron chi connectivity index (χ2n) is 6.98. The number of thiophene rings is 1. The summed E-state index contributed by atoms with van der Waals surface area (Å²) < 4.78 is 8.35. The van der Waals surface area contributed by atoms with Crippen molar-refractivity contribution >= 4 is 32.3 Å². The van der Waals surface area contributed by atoms with Gasteiger partial charge in [0.15, 0.2) is 0 Å². The molecule has 0 amide bonds. The molecule has 6 nitrogen and oxygen atoms in total. The Hall–Kier alpha value is -2.64. The van der Waals surface area contributed by atoms with Gasteiger partial charge in [-0.2, -0.15) is 5.10 Å². The van der Waals surface area contributed by atoms with E-state index in [1.807, 2.05) is 40.5 Å². The zero-order valence-electron chi connectivity index (χ0n) is 15.8. The van der Waals surface area contributed by atoms with E-state index in [1.54, 1.807) is 7.11 Å². The normalized spacial score (nSPS) is 12.9. The maximum atomic E-state index is 12.4. The molecule has 1 N–H and O–H groups in total. The Balaban J connectivity index is 1.97. The zero-order chi connectivity index (χ0) is 19.1. The number of pyridine rings is 1. The summed E-state index contributed by atoms with van der Waals surface area (Å²) in [6.07, 6.45) is 2.00. The van der Waals surface area contributed by atoms with Gasteiger partial charge in [-0.05, 0) is 50.7 Å². The highest BCUT2D eigenvalue weighted by molar-refractivity contribution is 7.17. The van der Waals surface area contributed by atoms with E-state index in [2.05, 4.69) is 30.9 Å². The smallest absolute Gasteiger partial charge is 0.266 e. The summed E-state index contributed by atoms with van der Waals surface area (Å²) in [5.41, 5.74) is 2.47. The molecule has 4 rings (SSSR count). The SMILES string of the molecule is COc1ccc2[nH]c(=O)c3sccc3c2c1-c1ccn(C(C)CN(C)C)n1. The number of nitrogens with zero attached hydrogens (tertiary/aromatic N) is 3. The van der Waals surface area contributed by atoms with Gasteiger partial charge in [0.1, 0.15) is 10.4 Å². The first-order chi connectivity index (χ1) is 13.0. The highest BCUT2D eigenvalue weighted by Gasteiger charge is 2.19. The van der Waals surface area contributed by atoms with Crippen LogP contribution in [0.3, 0.4) is 0 Å². The molecule has 1 unspecified atom stereocenters. The Morgan fingerprint density at radius 2 is 2.11 bits per heavy atom. The highest BCUT2D eigenvalue weighted by atomic mass is 32.1. The molecule has 0 aliphatic carbocycles. The minimum absolute atomic E-state index is 0.0613. The summed E-state index contributed by atoms with van der Waals surface area (Å²) in [4.78, 5) is 17.5. The van der Waals surface area contributed by atoms with Gasteiger partial charge < -0.3 is 14.6 Å². The molecule has 0 saturated carbocycles. The molecule has 140 valence electrons. The van der Waals surface area contributed by atoms with E-state index in [1.165, 1.54) is 11.3 Å². The van der Waals surface area contributed by atoms with Crippen LogP contribution >= 0.6 is 11.3 Å². The standard InChI is InChI=1S/C20H22N4O2S/c1-12(11-23(2)3)24-9-7-15(22-24)18-16(26-4)6-5-14-17(18)13-8-10-27-19(13)20(25)21-14/h5-10,12H,11H2,1-4H3,(H,21,25). The number of benzene rings is 1. The van der Waals surface area contributed by atoms with E-state index in [0.717, 1.165) is 44.5 Å². The van der Waals surface area contributed by atoms with Gasteiger partial charge in [-0.1, -0.05) is 0 Å². The van der Waals surface area contributed by atoms with Gasteiger partial charge in [0, 0.05) is 29.0 Å². The summed E-state index contributed by atoms with van der Waals surface area (Å²) in [6, 6.07) is 8.02. The van der Waals surface area contributed by atoms with Crippen molar-refractivity contribution in [3.63, 3.8) is 0 Å². The molecule has 0 radical (unpaired) electrons. The predicted molar refractivity (Wildman–Crippen MR) is 111 cm³/mol. The number of methoxy groups -OCH3 is 1. The molecule has 0 aliphatic heterocycles. The Kier molecular flexibility index (Phi) is 4.49. The van der Waals surface area contributed by atoms with E-state index in [4.69, 9.17) is 9.84 Å². The van der Waals surface area contributed by atoms with Crippen molar-refractivity contribution in [3.8, 4) is 17.0 Å². The molecule has 27 heavy (non-hydrogen) atoms. The number of hydrogen-bond donors (Lipinski definition) is 1. The largest absolute Gasteiger partial charge is 0.496 e. The number of fused-ring (bicyclic) bond motifs is 3. The lowest BCUT2D eigenvalue weighted by atomic mass is 10.0. The van der Waals surface area contributed by atoms with Crippen LogP contribution in [0.2, 0.25) is 0 Å². The molecule has 0 spiro atoms. The number of nitrogens with one attached hydrogen (secondary N) is 1. The fourth-order valence-corrected chi connectivity index (χ4v) is 4.38. The van der Waals surface area contributed by atoms with E-state index < -0.39 is 0 Å². The number of H-pyrrole nitrogens is 1. The quantitative estimate of drug-likeness (QED) is 0.571. The first-order valence-corrected chi connectivity index (χ1v) is 9.68. The second-order valence-corrected chi connectivity index (χ2v) is 7.89. The van der Waals surface area contributed by atoms with Crippen LogP contribution in [0.5, 0.6) is 5.75 Å². The summed E-state index contributed by atoms with van der Waals surface area (Å²) in [7, 11) is 5.77. The number of likely N-dealkylation sites (N-methyl/N-ethyl adjacent to an activating group) is 1. The van der Waals surface area contributed by atoms with Gasteiger partial charge in [-0.15, -0.1) is 11.3 Å². The van der Waals surface area contributed by atoms with Crippen molar-refractivity contribution in [2.75, 3.05) is 27.7 Å². The van der Waals surface area contributed by atoms with E-state index >= 15 is 0 Å². The molecule has 4 aromatic rings. The van der Waals surface area contributed by atoms with Crippen LogP contribution in [0.1, 0.15) is 13.0 Å². The summed E-state index contributed by atoms with van der Waals surface area (Å²) in [5.74, 6) is 0.743.